The van der Waals surface area contributed by atoms with Crippen molar-refractivity contribution in [1.82, 2.24) is 4.90 Å². The van der Waals surface area contributed by atoms with Gasteiger partial charge in [0.1, 0.15) is 0 Å². The summed E-state index contributed by atoms with van der Waals surface area (Å²) < 4.78 is 1.06. The van der Waals surface area contributed by atoms with Crippen LogP contribution in [0.1, 0.15) is 26.2 Å². The molecule has 0 amide bonds. The quantitative estimate of drug-likeness (QED) is 0.838. The highest BCUT2D eigenvalue weighted by atomic mass is 79.9. The zero-order valence-electron chi connectivity index (χ0n) is 11.0. The van der Waals surface area contributed by atoms with Gasteiger partial charge in [-0.25, -0.2) is 0 Å². The van der Waals surface area contributed by atoms with E-state index in [1.807, 2.05) is 18.2 Å². The molecule has 0 bridgehead atoms. The Labute approximate surface area is 118 Å². The van der Waals surface area contributed by atoms with E-state index < -0.39 is 0 Å². The van der Waals surface area contributed by atoms with Gasteiger partial charge < -0.3 is 11.1 Å². The van der Waals surface area contributed by atoms with Gasteiger partial charge in [-0.2, -0.15) is 0 Å². The number of halogens is 1. The number of nitrogens with zero attached hydrogens (tertiary/aromatic N) is 1. The molecule has 2 rings (SSSR count). The maximum Gasteiger partial charge on any atom is 0.0585 e. The summed E-state index contributed by atoms with van der Waals surface area (Å²) in [5.41, 5.74) is 7.79. The summed E-state index contributed by atoms with van der Waals surface area (Å²) in [7, 11) is 0. The van der Waals surface area contributed by atoms with E-state index in [-0.39, 0.29) is 0 Å². The molecule has 0 spiro atoms. The number of nitrogens with one attached hydrogen (secondary N) is 1. The first-order valence-corrected chi connectivity index (χ1v) is 7.49. The first kappa shape index (κ1) is 13.7. The lowest BCUT2D eigenvalue weighted by Gasteiger charge is -2.32. The third kappa shape index (κ3) is 3.62. The predicted molar refractivity (Wildman–Crippen MR) is 81.9 cm³/mol. The van der Waals surface area contributed by atoms with Crippen LogP contribution in [0.2, 0.25) is 0 Å². The number of nitrogens with two attached hydrogens (primary N) is 1. The van der Waals surface area contributed by atoms with Gasteiger partial charge in [-0.05, 0) is 51.1 Å². The van der Waals surface area contributed by atoms with Gasteiger partial charge >= 0.3 is 0 Å². The zero-order valence-corrected chi connectivity index (χ0v) is 12.5. The van der Waals surface area contributed by atoms with Crippen molar-refractivity contribution in [3.05, 3.63) is 22.7 Å². The van der Waals surface area contributed by atoms with Crippen LogP contribution in [-0.4, -0.2) is 30.6 Å². The molecule has 3 nitrogen and oxygen atoms in total. The van der Waals surface area contributed by atoms with Gasteiger partial charge in [-0.15, -0.1) is 0 Å². The molecule has 0 saturated carbocycles. The number of hydrogen-bond acceptors (Lipinski definition) is 3. The van der Waals surface area contributed by atoms with E-state index in [0.29, 0.717) is 6.04 Å². The lowest BCUT2D eigenvalue weighted by Crippen LogP contribution is -2.41. The number of piperidine rings is 1. The van der Waals surface area contributed by atoms with E-state index in [2.05, 4.69) is 33.1 Å². The van der Waals surface area contributed by atoms with Gasteiger partial charge in [0.05, 0.1) is 11.4 Å². The topological polar surface area (TPSA) is 41.3 Å². The molecule has 3 N–H and O–H groups in total. The monoisotopic (exact) mass is 311 g/mol. The van der Waals surface area contributed by atoms with E-state index in [4.69, 9.17) is 5.73 Å². The van der Waals surface area contributed by atoms with Crippen molar-refractivity contribution in [3.8, 4) is 0 Å². The smallest absolute Gasteiger partial charge is 0.0585 e. The minimum absolute atomic E-state index is 0.559. The molecule has 1 unspecified atom stereocenters. The molecule has 1 aromatic carbocycles. The van der Waals surface area contributed by atoms with Crippen LogP contribution in [0.3, 0.4) is 0 Å². The average molecular weight is 312 g/mol. The van der Waals surface area contributed by atoms with Crippen LogP contribution in [0.5, 0.6) is 0 Å². The van der Waals surface area contributed by atoms with Crippen molar-refractivity contribution in [2.45, 2.75) is 32.2 Å². The molecular weight excluding hydrogens is 290 g/mol. The van der Waals surface area contributed by atoms with Crippen LogP contribution in [0, 0.1) is 0 Å². The van der Waals surface area contributed by atoms with Gasteiger partial charge in [-0.3, -0.25) is 4.90 Å². The molecule has 1 atom stereocenters. The molecule has 1 fully saturated rings. The van der Waals surface area contributed by atoms with Crippen molar-refractivity contribution in [2.75, 3.05) is 30.7 Å². The van der Waals surface area contributed by atoms with E-state index in [9.17, 15) is 0 Å². The largest absolute Gasteiger partial charge is 0.397 e. The fourth-order valence-corrected chi connectivity index (χ4v) is 2.79. The maximum absolute atomic E-state index is 5.96. The molecular formula is C14H22BrN3. The van der Waals surface area contributed by atoms with Gasteiger partial charge in [0, 0.05) is 17.1 Å². The second-order valence-electron chi connectivity index (χ2n) is 5.06. The Bertz CT molecular complexity index is 389. The Kier molecular flexibility index (Phi) is 4.89. The summed E-state index contributed by atoms with van der Waals surface area (Å²) in [5.74, 6) is 0. The van der Waals surface area contributed by atoms with Crippen molar-refractivity contribution in [1.29, 1.82) is 0 Å². The van der Waals surface area contributed by atoms with Crippen LogP contribution in [0.15, 0.2) is 22.7 Å². The standard InChI is InChI=1S/C14H22BrN3/c1-11(18-7-3-2-4-8-18)10-17-14-9-12(15)5-6-13(14)16/h5-6,9,11,17H,2-4,7-8,10,16H2,1H3. The summed E-state index contributed by atoms with van der Waals surface area (Å²) in [6.45, 7) is 5.70. The Balaban J connectivity index is 1.88. The zero-order chi connectivity index (χ0) is 13.0. The van der Waals surface area contributed by atoms with Crippen LogP contribution >= 0.6 is 15.9 Å². The van der Waals surface area contributed by atoms with Gasteiger partial charge in [0.2, 0.25) is 0 Å². The molecule has 1 aliphatic heterocycles. The fourth-order valence-electron chi connectivity index (χ4n) is 2.43. The number of rotatable bonds is 4. The summed E-state index contributed by atoms with van der Waals surface area (Å²) in [5, 5.41) is 3.45. The normalized spacial score (nSPS) is 18.6. The van der Waals surface area contributed by atoms with Crippen LogP contribution in [-0.2, 0) is 0 Å². The maximum atomic E-state index is 5.96. The first-order chi connectivity index (χ1) is 8.66. The number of likely N-dealkylation sites (tertiary alicyclic amines) is 1. The molecule has 1 aliphatic rings. The Morgan fingerprint density at radius 3 is 2.78 bits per heavy atom. The molecule has 1 saturated heterocycles. The highest BCUT2D eigenvalue weighted by Crippen LogP contribution is 2.23. The third-order valence-corrected chi connectivity index (χ3v) is 4.11. The second-order valence-corrected chi connectivity index (χ2v) is 5.97. The summed E-state index contributed by atoms with van der Waals surface area (Å²) >= 11 is 3.47. The van der Waals surface area contributed by atoms with Crippen LogP contribution in [0.25, 0.3) is 0 Å². The predicted octanol–water partition coefficient (Wildman–Crippen LogP) is 3.32. The Morgan fingerprint density at radius 1 is 1.33 bits per heavy atom. The lowest BCUT2D eigenvalue weighted by atomic mass is 10.1. The van der Waals surface area contributed by atoms with E-state index in [0.717, 1.165) is 22.4 Å². The Hall–Kier alpha value is -0.740. The molecule has 4 heteroatoms. The van der Waals surface area contributed by atoms with Crippen LogP contribution < -0.4 is 11.1 Å². The van der Waals surface area contributed by atoms with Crippen LogP contribution in [0.4, 0.5) is 11.4 Å². The average Bonchev–Trinajstić information content (AvgIpc) is 2.40. The summed E-state index contributed by atoms with van der Waals surface area (Å²) in [6.07, 6.45) is 4.06. The van der Waals surface area contributed by atoms with E-state index in [1.165, 1.54) is 32.4 Å². The van der Waals surface area contributed by atoms with Crippen molar-refractivity contribution < 1.29 is 0 Å². The highest BCUT2D eigenvalue weighted by Gasteiger charge is 2.16. The SMILES string of the molecule is CC(CNc1cc(Br)ccc1N)N1CCCCC1. The summed E-state index contributed by atoms with van der Waals surface area (Å²) in [6, 6.07) is 6.49. The fraction of sp³-hybridized carbons (Fsp3) is 0.571. The third-order valence-electron chi connectivity index (χ3n) is 3.62. The minimum atomic E-state index is 0.559. The number of hydrogen-bond donors (Lipinski definition) is 2. The van der Waals surface area contributed by atoms with Crippen molar-refractivity contribution in [2.24, 2.45) is 0 Å². The number of nitrogen functional groups attached to an aromatic ring is 1. The number of benzene rings is 1. The molecule has 1 aromatic rings. The number of anilines is 2. The molecule has 0 aromatic heterocycles. The minimum Gasteiger partial charge on any atom is -0.397 e. The molecule has 0 aliphatic carbocycles. The lowest BCUT2D eigenvalue weighted by molar-refractivity contribution is 0.180. The summed E-state index contributed by atoms with van der Waals surface area (Å²) in [4.78, 5) is 2.56. The molecule has 1 heterocycles. The van der Waals surface area contributed by atoms with Crippen molar-refractivity contribution >= 4 is 27.3 Å². The second kappa shape index (κ2) is 6.43. The van der Waals surface area contributed by atoms with Gasteiger partial charge in [-0.1, -0.05) is 22.4 Å². The first-order valence-electron chi connectivity index (χ1n) is 6.70. The Morgan fingerprint density at radius 2 is 2.06 bits per heavy atom. The van der Waals surface area contributed by atoms with E-state index >= 15 is 0 Å². The van der Waals surface area contributed by atoms with E-state index in [1.54, 1.807) is 0 Å². The molecule has 0 radical (unpaired) electrons. The molecule has 18 heavy (non-hydrogen) atoms. The van der Waals surface area contributed by atoms with Gasteiger partial charge in [0.15, 0.2) is 0 Å². The van der Waals surface area contributed by atoms with Gasteiger partial charge in [0.25, 0.3) is 0 Å². The highest BCUT2D eigenvalue weighted by molar-refractivity contribution is 9.10. The molecule has 100 valence electrons. The van der Waals surface area contributed by atoms with Crippen molar-refractivity contribution in [3.63, 3.8) is 0 Å².